The van der Waals surface area contributed by atoms with Gasteiger partial charge in [-0.25, -0.2) is 0 Å². The molecule has 0 fully saturated rings. The first kappa shape index (κ1) is 16.4. The van der Waals surface area contributed by atoms with Gasteiger partial charge in [0.15, 0.2) is 0 Å². The molecule has 0 heterocycles. The van der Waals surface area contributed by atoms with Crippen LogP contribution in [-0.4, -0.2) is 38.1 Å². The average Bonchev–Trinajstić information content (AvgIpc) is 2.22. The van der Waals surface area contributed by atoms with Gasteiger partial charge in [0.05, 0.1) is 0 Å². The third-order valence-corrected chi connectivity index (χ3v) is 1.98. The second-order valence-corrected chi connectivity index (χ2v) is 3.30. The lowest BCUT2D eigenvalue weighted by molar-refractivity contribution is 0.271. The molecule has 2 heteroatoms. The van der Waals surface area contributed by atoms with Crippen LogP contribution in [-0.2, 0) is 0 Å². The molecule has 0 aromatic rings. The Balaban J connectivity index is 0. The fourth-order valence-electron chi connectivity index (χ4n) is 1.45. The van der Waals surface area contributed by atoms with E-state index in [2.05, 4.69) is 24.1 Å². The summed E-state index contributed by atoms with van der Waals surface area (Å²) in [6.45, 7) is 13.4. The van der Waals surface area contributed by atoms with Crippen LogP contribution in [0.15, 0.2) is 0 Å². The molecule has 0 aromatic carbocycles. The molecule has 0 spiro atoms. The fourth-order valence-corrected chi connectivity index (χ4v) is 1.45. The van der Waals surface area contributed by atoms with E-state index in [-0.39, 0.29) is 0 Å². The fraction of sp³-hybridized carbons (Fsp3) is 1.00. The maximum atomic E-state index is 3.18. The molecule has 0 radical (unpaired) electrons. The van der Waals surface area contributed by atoms with Crippen molar-refractivity contribution in [3.05, 3.63) is 0 Å². The largest absolute Gasteiger partial charge is 0.320 e. The van der Waals surface area contributed by atoms with Crippen molar-refractivity contribution in [3.63, 3.8) is 0 Å². The van der Waals surface area contributed by atoms with E-state index < -0.39 is 0 Å². The van der Waals surface area contributed by atoms with E-state index >= 15 is 0 Å². The number of nitrogens with zero attached hydrogens (tertiary/aromatic N) is 1. The van der Waals surface area contributed by atoms with Crippen LogP contribution >= 0.6 is 0 Å². The zero-order valence-corrected chi connectivity index (χ0v) is 10.9. The van der Waals surface area contributed by atoms with Gasteiger partial charge in [0.2, 0.25) is 0 Å². The van der Waals surface area contributed by atoms with Crippen LogP contribution in [0.25, 0.3) is 0 Å². The molecule has 0 aliphatic heterocycles. The van der Waals surface area contributed by atoms with E-state index in [0.717, 1.165) is 6.54 Å². The van der Waals surface area contributed by atoms with Crippen LogP contribution in [0.4, 0.5) is 0 Å². The van der Waals surface area contributed by atoms with E-state index in [9.17, 15) is 0 Å². The zero-order valence-electron chi connectivity index (χ0n) is 10.9. The standard InChI is InChI=1S/C10H24N2.C2H6/c1-4-8-12(9-5-2)10-6-7-11-3;1-2/h11H,4-10H2,1-3H3;1-2H3. The Labute approximate surface area is 91.1 Å². The van der Waals surface area contributed by atoms with Gasteiger partial charge in [0, 0.05) is 0 Å². The molecular formula is C12H30N2. The molecule has 14 heavy (non-hydrogen) atoms. The maximum Gasteiger partial charge on any atom is -0.000665 e. The summed E-state index contributed by atoms with van der Waals surface area (Å²) in [5.74, 6) is 0. The third kappa shape index (κ3) is 11.9. The predicted octanol–water partition coefficient (Wildman–Crippen LogP) is 2.74. The highest BCUT2D eigenvalue weighted by atomic mass is 15.1. The minimum Gasteiger partial charge on any atom is -0.320 e. The highest BCUT2D eigenvalue weighted by Crippen LogP contribution is 1.95. The molecule has 88 valence electrons. The number of rotatable bonds is 8. The molecule has 0 atom stereocenters. The molecule has 0 saturated carbocycles. The monoisotopic (exact) mass is 202 g/mol. The number of hydrogen-bond acceptors (Lipinski definition) is 2. The number of hydrogen-bond donors (Lipinski definition) is 1. The molecule has 0 aromatic heterocycles. The summed E-state index contributed by atoms with van der Waals surface area (Å²) in [6, 6.07) is 0. The normalized spacial score (nSPS) is 9.86. The molecule has 0 aliphatic rings. The number of nitrogens with one attached hydrogen (secondary N) is 1. The van der Waals surface area contributed by atoms with Gasteiger partial charge >= 0.3 is 0 Å². The smallest absolute Gasteiger partial charge is 0.000665 e. The van der Waals surface area contributed by atoms with Crippen LogP contribution in [0.3, 0.4) is 0 Å². The second-order valence-electron chi connectivity index (χ2n) is 3.30. The van der Waals surface area contributed by atoms with E-state index in [1.54, 1.807) is 0 Å². The van der Waals surface area contributed by atoms with Crippen molar-refractivity contribution in [2.75, 3.05) is 33.2 Å². The van der Waals surface area contributed by atoms with Crippen LogP contribution in [0.5, 0.6) is 0 Å². The Morgan fingerprint density at radius 1 is 0.929 bits per heavy atom. The summed E-state index contributed by atoms with van der Waals surface area (Å²) in [7, 11) is 2.02. The first-order valence-corrected chi connectivity index (χ1v) is 6.22. The van der Waals surface area contributed by atoms with Gasteiger partial charge in [-0.2, -0.15) is 0 Å². The van der Waals surface area contributed by atoms with Crippen LogP contribution in [0.2, 0.25) is 0 Å². The van der Waals surface area contributed by atoms with Crippen molar-refractivity contribution in [1.82, 2.24) is 10.2 Å². The Bertz CT molecular complexity index is 78.4. The SMILES string of the molecule is CC.CCCN(CCC)CCCNC. The molecule has 2 nitrogen and oxygen atoms in total. The molecule has 0 bridgehead atoms. The lowest BCUT2D eigenvalue weighted by Crippen LogP contribution is -2.28. The zero-order chi connectivity index (χ0) is 11.2. The first-order valence-electron chi connectivity index (χ1n) is 6.22. The van der Waals surface area contributed by atoms with Gasteiger partial charge in [0.1, 0.15) is 0 Å². The highest BCUT2D eigenvalue weighted by Gasteiger charge is 2.00. The molecule has 0 aliphatic carbocycles. The van der Waals surface area contributed by atoms with Crippen molar-refractivity contribution >= 4 is 0 Å². The van der Waals surface area contributed by atoms with Crippen molar-refractivity contribution < 1.29 is 0 Å². The van der Waals surface area contributed by atoms with Crippen molar-refractivity contribution in [2.24, 2.45) is 0 Å². The first-order chi connectivity index (χ1) is 6.85. The lowest BCUT2D eigenvalue weighted by Gasteiger charge is -2.20. The Hall–Kier alpha value is -0.0800. The van der Waals surface area contributed by atoms with Crippen molar-refractivity contribution in [3.8, 4) is 0 Å². The summed E-state index contributed by atoms with van der Waals surface area (Å²) >= 11 is 0. The van der Waals surface area contributed by atoms with E-state index in [1.807, 2.05) is 20.9 Å². The summed E-state index contributed by atoms with van der Waals surface area (Å²) in [5, 5.41) is 3.18. The van der Waals surface area contributed by atoms with Crippen LogP contribution < -0.4 is 5.32 Å². The van der Waals surface area contributed by atoms with E-state index in [0.29, 0.717) is 0 Å². The van der Waals surface area contributed by atoms with Gasteiger partial charge in [-0.1, -0.05) is 27.7 Å². The van der Waals surface area contributed by atoms with Crippen LogP contribution in [0.1, 0.15) is 47.0 Å². The topological polar surface area (TPSA) is 15.3 Å². The van der Waals surface area contributed by atoms with Gasteiger partial charge in [-0.05, 0) is 52.5 Å². The lowest BCUT2D eigenvalue weighted by atomic mass is 10.3. The Kier molecular flexibility index (Phi) is 18.0. The maximum absolute atomic E-state index is 3.18. The molecule has 1 N–H and O–H groups in total. The summed E-state index contributed by atoms with van der Waals surface area (Å²) < 4.78 is 0. The molecule has 0 amide bonds. The minimum absolute atomic E-state index is 1.14. The van der Waals surface area contributed by atoms with Crippen LogP contribution in [0, 0.1) is 0 Å². The van der Waals surface area contributed by atoms with Gasteiger partial charge in [-0.3, -0.25) is 0 Å². The average molecular weight is 202 g/mol. The molecule has 0 unspecified atom stereocenters. The van der Waals surface area contributed by atoms with E-state index in [4.69, 9.17) is 0 Å². The van der Waals surface area contributed by atoms with Gasteiger partial charge in [0.25, 0.3) is 0 Å². The third-order valence-electron chi connectivity index (χ3n) is 1.98. The summed E-state index contributed by atoms with van der Waals surface area (Å²) in [5.41, 5.74) is 0. The van der Waals surface area contributed by atoms with Gasteiger partial charge in [-0.15, -0.1) is 0 Å². The summed E-state index contributed by atoms with van der Waals surface area (Å²) in [6.07, 6.45) is 3.83. The Morgan fingerprint density at radius 3 is 1.79 bits per heavy atom. The second kappa shape index (κ2) is 15.4. The van der Waals surface area contributed by atoms with Crippen molar-refractivity contribution in [1.29, 1.82) is 0 Å². The quantitative estimate of drug-likeness (QED) is 0.609. The van der Waals surface area contributed by atoms with Gasteiger partial charge < -0.3 is 10.2 Å². The minimum atomic E-state index is 1.14. The predicted molar refractivity (Wildman–Crippen MR) is 66.9 cm³/mol. The Morgan fingerprint density at radius 2 is 1.43 bits per heavy atom. The van der Waals surface area contributed by atoms with E-state index in [1.165, 1.54) is 38.9 Å². The summed E-state index contributed by atoms with van der Waals surface area (Å²) in [4.78, 5) is 2.55. The molecule has 0 rings (SSSR count). The molecular weight excluding hydrogens is 172 g/mol. The molecule has 0 saturated heterocycles. The highest BCUT2D eigenvalue weighted by molar-refractivity contribution is 4.56. The van der Waals surface area contributed by atoms with Crippen molar-refractivity contribution in [2.45, 2.75) is 47.0 Å².